The van der Waals surface area contributed by atoms with Crippen LogP contribution in [0.1, 0.15) is 35.6 Å². The first-order valence-corrected chi connectivity index (χ1v) is 15.8. The lowest BCUT2D eigenvalue weighted by molar-refractivity contribution is 1.29. The summed E-state index contributed by atoms with van der Waals surface area (Å²) in [6, 6.07) is -13.4. The summed E-state index contributed by atoms with van der Waals surface area (Å²) in [5.41, 5.74) is -3.77. The van der Waals surface area contributed by atoms with Crippen LogP contribution in [0.3, 0.4) is 0 Å². The van der Waals surface area contributed by atoms with Crippen LogP contribution in [-0.4, -0.2) is 0 Å². The van der Waals surface area contributed by atoms with Crippen molar-refractivity contribution in [3.63, 3.8) is 0 Å². The number of benzene rings is 9. The molecule has 0 bridgehead atoms. The maximum Gasteiger partial charge on any atom is 0.0652 e. The van der Waals surface area contributed by atoms with Gasteiger partial charge in [0.25, 0.3) is 0 Å². The number of nitrogens with zero attached hydrogens (tertiary/aromatic N) is 1. The minimum Gasteiger partial charge on any atom is -0.310 e. The van der Waals surface area contributed by atoms with E-state index < -0.39 is 218 Å². The van der Waals surface area contributed by atoms with Crippen molar-refractivity contribution in [1.82, 2.24) is 0 Å². The smallest absolute Gasteiger partial charge is 0.0652 e. The zero-order valence-electron chi connectivity index (χ0n) is 51.2. The highest BCUT2D eigenvalue weighted by Gasteiger charge is 2.19. The molecular weight excluding hydrogens is 623 g/mol. The van der Waals surface area contributed by atoms with Crippen molar-refractivity contribution < 1.29 is 35.6 Å². The van der Waals surface area contributed by atoms with Gasteiger partial charge >= 0.3 is 0 Å². The van der Waals surface area contributed by atoms with E-state index >= 15 is 0 Å². The van der Waals surface area contributed by atoms with Crippen molar-refractivity contribution in [3.05, 3.63) is 187 Å². The quantitative estimate of drug-likeness (QED) is 0.175. The fraction of sp³-hybridized carbons (Fsp3) is 0. The Balaban J connectivity index is 1.40. The average Bonchev–Trinajstić information content (AvgIpc) is 3.91. The highest BCUT2D eigenvalue weighted by atomic mass is 32.1. The standard InChI is InChI=1S/C48H31NS/c1-2-16-38(17-3-1)49(39-25-23-33(24-26-39)36-22-21-32-11-4-5-13-35(32)29-36)40-27-28-46-45(31-40)47-44(30-37-14-7-9-19-42(37)48(47)50-46)43-20-10-15-34-12-6-8-18-41(34)43/h1-31H/i4D,5D,6D,7D,8D,9D,10D,11D,12D,13D,14D,15D,18D,19D,20D,21D,22D,23D,24D,25D,26D,27D,28D,29D,30D,31D. The summed E-state index contributed by atoms with van der Waals surface area (Å²) in [5, 5.41) is -3.48. The minimum absolute atomic E-state index is 0.0323. The molecule has 234 valence electrons. The zero-order valence-corrected chi connectivity index (χ0v) is 26.1. The Labute approximate surface area is 331 Å². The third-order valence-electron chi connectivity index (χ3n) is 8.00. The molecule has 9 aromatic carbocycles. The third kappa shape index (κ3) is 4.76. The molecule has 0 spiro atoms. The molecule has 0 atom stereocenters. The molecule has 1 aromatic heterocycles. The molecule has 0 radical (unpaired) electrons. The SMILES string of the molecule is [2H]c1c([2H])c(N(c2ccccc2)c2c([2H])c([2H])c3sc4c5c([2H])c([2H])c([2H])c([2H])c5c([2H])c(-c5c([2H])c([2H])c([2H])c6c([2H])c([2H])c([2H])c([2H])c56)c4c3c2[2H])c([2H])c([2H])c1-c1c([2H])c([2H])c2c([2H])c([2H])c([2H])c([2H])c2c1[2H]. The minimum atomic E-state index is -0.935. The Kier molecular flexibility index (Phi) is 3.03. The summed E-state index contributed by atoms with van der Waals surface area (Å²) >= 11 is 0.658. The first-order chi connectivity index (χ1) is 35.6. The molecule has 0 N–H and O–H groups in total. The second-order valence-electron chi connectivity index (χ2n) is 10.9. The Bertz CT molecular complexity index is 4330. The lowest BCUT2D eigenvalue weighted by Crippen LogP contribution is -2.09. The van der Waals surface area contributed by atoms with Gasteiger partial charge in [0.05, 0.1) is 35.6 Å². The van der Waals surface area contributed by atoms with E-state index in [9.17, 15) is 12.3 Å². The molecule has 2 heteroatoms. The van der Waals surface area contributed by atoms with E-state index in [1.165, 1.54) is 24.3 Å². The molecule has 0 saturated carbocycles. The summed E-state index contributed by atoms with van der Waals surface area (Å²) in [7, 11) is 0. The van der Waals surface area contributed by atoms with Crippen LogP contribution in [-0.2, 0) is 0 Å². The van der Waals surface area contributed by atoms with Crippen LogP contribution in [0, 0.1) is 0 Å². The van der Waals surface area contributed by atoms with Gasteiger partial charge in [-0.2, -0.15) is 0 Å². The maximum atomic E-state index is 10.2. The molecule has 10 rings (SSSR count). The van der Waals surface area contributed by atoms with Gasteiger partial charge in [-0.15, -0.1) is 11.3 Å². The predicted molar refractivity (Wildman–Crippen MR) is 217 cm³/mol. The number of hydrogen-bond donors (Lipinski definition) is 0. The van der Waals surface area contributed by atoms with Gasteiger partial charge in [0.2, 0.25) is 0 Å². The van der Waals surface area contributed by atoms with Crippen molar-refractivity contribution >= 4 is 80.9 Å². The Morgan fingerprint density at radius 3 is 1.94 bits per heavy atom. The van der Waals surface area contributed by atoms with Crippen LogP contribution in [0.4, 0.5) is 17.1 Å². The van der Waals surface area contributed by atoms with E-state index in [-0.39, 0.29) is 31.2 Å². The molecule has 0 aliphatic carbocycles. The van der Waals surface area contributed by atoms with E-state index in [2.05, 4.69) is 0 Å². The normalized spacial score (nSPS) is 18.9. The lowest BCUT2D eigenvalue weighted by atomic mass is 9.92. The maximum absolute atomic E-state index is 10.2. The Morgan fingerprint density at radius 2 is 1.10 bits per heavy atom. The molecule has 1 nitrogen and oxygen atoms in total. The van der Waals surface area contributed by atoms with E-state index in [0.29, 0.717) is 11.3 Å². The fourth-order valence-electron chi connectivity index (χ4n) is 5.78. The molecule has 0 fully saturated rings. The summed E-state index contributed by atoms with van der Waals surface area (Å²) in [5.74, 6) is 0. The van der Waals surface area contributed by atoms with Crippen LogP contribution in [0.2, 0.25) is 0 Å². The van der Waals surface area contributed by atoms with E-state index in [0.717, 1.165) is 4.90 Å². The van der Waals surface area contributed by atoms with Crippen molar-refractivity contribution in [1.29, 1.82) is 0 Å². The van der Waals surface area contributed by atoms with Crippen molar-refractivity contribution in [2.75, 3.05) is 4.90 Å². The zero-order chi connectivity index (χ0) is 55.6. The van der Waals surface area contributed by atoms with Gasteiger partial charge in [0.15, 0.2) is 0 Å². The first-order valence-electron chi connectivity index (χ1n) is 28.0. The second kappa shape index (κ2) is 11.7. The third-order valence-corrected chi connectivity index (χ3v) is 9.12. The number of anilines is 3. The number of fused-ring (bicyclic) bond motifs is 7. The molecule has 0 amide bonds. The van der Waals surface area contributed by atoms with Crippen molar-refractivity contribution in [2.24, 2.45) is 0 Å². The van der Waals surface area contributed by atoms with Crippen LogP contribution < -0.4 is 4.90 Å². The number of hydrogen-bond acceptors (Lipinski definition) is 2. The lowest BCUT2D eigenvalue weighted by Gasteiger charge is -2.26. The van der Waals surface area contributed by atoms with Gasteiger partial charge in [-0.25, -0.2) is 0 Å². The van der Waals surface area contributed by atoms with Crippen molar-refractivity contribution in [3.8, 4) is 22.3 Å². The topological polar surface area (TPSA) is 3.24 Å². The van der Waals surface area contributed by atoms with Crippen LogP contribution in [0.5, 0.6) is 0 Å². The van der Waals surface area contributed by atoms with Gasteiger partial charge in [0.1, 0.15) is 0 Å². The highest BCUT2D eigenvalue weighted by Crippen LogP contribution is 2.47. The van der Waals surface area contributed by atoms with Crippen LogP contribution in [0.25, 0.3) is 74.7 Å². The van der Waals surface area contributed by atoms with Gasteiger partial charge in [-0.05, 0) is 109 Å². The Morgan fingerprint density at radius 1 is 0.420 bits per heavy atom. The highest BCUT2D eigenvalue weighted by molar-refractivity contribution is 7.26. The van der Waals surface area contributed by atoms with E-state index in [1.54, 1.807) is 6.07 Å². The molecular formula is C48H31NS. The molecule has 0 aliphatic heterocycles. The summed E-state index contributed by atoms with van der Waals surface area (Å²) in [6.07, 6.45) is 0. The Hall–Kier alpha value is -6.22. The van der Waals surface area contributed by atoms with Gasteiger partial charge < -0.3 is 4.90 Å². The molecule has 50 heavy (non-hydrogen) atoms. The monoisotopic (exact) mass is 679 g/mol. The summed E-state index contributed by atoms with van der Waals surface area (Å²) in [4.78, 5) is 0.971. The van der Waals surface area contributed by atoms with Gasteiger partial charge in [0, 0.05) is 37.2 Å². The number of para-hydroxylation sites is 1. The summed E-state index contributed by atoms with van der Waals surface area (Å²) < 4.78 is 235. The average molecular weight is 680 g/mol. The van der Waals surface area contributed by atoms with E-state index in [1.807, 2.05) is 0 Å². The van der Waals surface area contributed by atoms with Gasteiger partial charge in [-0.1, -0.05) is 133 Å². The van der Waals surface area contributed by atoms with Crippen LogP contribution in [0.15, 0.2) is 187 Å². The molecule has 0 unspecified atom stereocenters. The summed E-state index contributed by atoms with van der Waals surface area (Å²) in [6.45, 7) is 0. The van der Waals surface area contributed by atoms with Crippen LogP contribution >= 0.6 is 11.3 Å². The molecule has 10 aromatic rings. The largest absolute Gasteiger partial charge is 0.310 e. The van der Waals surface area contributed by atoms with Gasteiger partial charge in [-0.3, -0.25) is 0 Å². The second-order valence-corrected chi connectivity index (χ2v) is 11.9. The van der Waals surface area contributed by atoms with Crippen molar-refractivity contribution in [2.45, 2.75) is 0 Å². The molecule has 0 aliphatic rings. The predicted octanol–water partition coefficient (Wildman–Crippen LogP) is 14.3. The first kappa shape index (κ1) is 12.9. The van der Waals surface area contributed by atoms with E-state index in [4.69, 9.17) is 23.3 Å². The fourth-order valence-corrected chi connectivity index (χ4v) is 6.90. The molecule has 1 heterocycles. The number of rotatable bonds is 5. The number of thiophene rings is 1. The molecule has 0 saturated heterocycles.